The number of methoxy groups -OCH3 is 1. The average molecular weight is 403 g/mol. The highest BCUT2D eigenvalue weighted by molar-refractivity contribution is 7.09. The van der Waals surface area contributed by atoms with E-state index in [1.165, 1.54) is 16.7 Å². The summed E-state index contributed by atoms with van der Waals surface area (Å²) in [5, 5.41) is 10.5. The maximum atomic E-state index is 12.7. The van der Waals surface area contributed by atoms with Crippen LogP contribution in [0.15, 0.2) is 26.8 Å². The average Bonchev–Trinajstić information content (AvgIpc) is 3.35. The maximum absolute atomic E-state index is 12.7. The molecule has 4 heterocycles. The van der Waals surface area contributed by atoms with Crippen molar-refractivity contribution < 1.29 is 14.1 Å². The molecule has 9 nitrogen and oxygen atoms in total. The molecule has 148 valence electrons. The first kappa shape index (κ1) is 18.8. The van der Waals surface area contributed by atoms with E-state index in [4.69, 9.17) is 9.26 Å². The zero-order valence-electron chi connectivity index (χ0n) is 15.8. The minimum atomic E-state index is -0.620. The Kier molecular flexibility index (Phi) is 5.25. The molecule has 0 amide bonds. The molecular formula is C18H21N5O4S. The molecule has 0 saturated carbocycles. The first-order chi connectivity index (χ1) is 13.6. The maximum Gasteiger partial charge on any atom is 0.359 e. The Hall–Kier alpha value is -2.56. The molecule has 1 saturated heterocycles. The molecule has 0 atom stereocenters. The van der Waals surface area contributed by atoms with Crippen molar-refractivity contribution in [2.75, 3.05) is 33.3 Å². The van der Waals surface area contributed by atoms with E-state index in [0.29, 0.717) is 11.1 Å². The van der Waals surface area contributed by atoms with E-state index in [2.05, 4.69) is 37.6 Å². The quantitative estimate of drug-likeness (QED) is 0.589. The number of hydrogen-bond donors (Lipinski definition) is 0. The Morgan fingerprint density at radius 2 is 2.04 bits per heavy atom. The van der Waals surface area contributed by atoms with Crippen LogP contribution in [-0.4, -0.2) is 64.0 Å². The van der Waals surface area contributed by atoms with Gasteiger partial charge in [-0.05, 0) is 18.4 Å². The van der Waals surface area contributed by atoms with Crippen molar-refractivity contribution in [1.29, 1.82) is 0 Å². The van der Waals surface area contributed by atoms with Gasteiger partial charge in [-0.2, -0.15) is 5.10 Å². The highest BCUT2D eigenvalue weighted by Crippen LogP contribution is 2.19. The van der Waals surface area contributed by atoms with E-state index in [0.717, 1.165) is 32.7 Å². The van der Waals surface area contributed by atoms with Gasteiger partial charge < -0.3 is 9.26 Å². The van der Waals surface area contributed by atoms with E-state index >= 15 is 0 Å². The van der Waals surface area contributed by atoms with Crippen molar-refractivity contribution >= 4 is 28.2 Å². The molecular weight excluding hydrogens is 382 g/mol. The van der Waals surface area contributed by atoms with Gasteiger partial charge in [-0.25, -0.2) is 9.48 Å². The summed E-state index contributed by atoms with van der Waals surface area (Å²) in [5.74, 6) is -0.250. The predicted molar refractivity (Wildman–Crippen MR) is 103 cm³/mol. The number of aryl methyl sites for hydroxylation is 1. The van der Waals surface area contributed by atoms with E-state index in [-0.39, 0.29) is 23.4 Å². The van der Waals surface area contributed by atoms with Crippen molar-refractivity contribution in [2.24, 2.45) is 0 Å². The third-order valence-electron chi connectivity index (χ3n) is 4.89. The molecule has 0 N–H and O–H groups in total. The number of piperazine rings is 1. The second-order valence-corrected chi connectivity index (χ2v) is 7.75. The van der Waals surface area contributed by atoms with Crippen molar-refractivity contribution in [3.8, 4) is 0 Å². The van der Waals surface area contributed by atoms with Gasteiger partial charge in [0, 0.05) is 37.6 Å². The van der Waals surface area contributed by atoms with Crippen molar-refractivity contribution in [2.45, 2.75) is 20.1 Å². The van der Waals surface area contributed by atoms with Gasteiger partial charge in [-0.3, -0.25) is 14.6 Å². The van der Waals surface area contributed by atoms with Gasteiger partial charge in [0.1, 0.15) is 5.76 Å². The highest BCUT2D eigenvalue weighted by Gasteiger charge is 2.24. The summed E-state index contributed by atoms with van der Waals surface area (Å²) in [6, 6.07) is 4.21. The Labute approximate surface area is 165 Å². The first-order valence-corrected chi connectivity index (χ1v) is 9.87. The van der Waals surface area contributed by atoms with Crippen LogP contribution in [0, 0.1) is 6.92 Å². The zero-order chi connectivity index (χ0) is 19.7. The lowest BCUT2D eigenvalue weighted by molar-refractivity contribution is 0.0589. The number of aromatic nitrogens is 3. The van der Waals surface area contributed by atoms with Crippen molar-refractivity contribution in [3.05, 3.63) is 44.2 Å². The minimum absolute atomic E-state index is 0.0483. The Morgan fingerprint density at radius 1 is 1.29 bits per heavy atom. The fourth-order valence-corrected chi connectivity index (χ4v) is 4.12. The minimum Gasteiger partial charge on any atom is -0.464 e. The number of carbonyl (C=O) groups is 1. The molecule has 28 heavy (non-hydrogen) atoms. The number of nitrogens with zero attached hydrogens (tertiary/aromatic N) is 5. The molecule has 3 aromatic heterocycles. The Bertz CT molecular complexity index is 1030. The van der Waals surface area contributed by atoms with E-state index in [1.807, 2.05) is 0 Å². The summed E-state index contributed by atoms with van der Waals surface area (Å²) in [6.07, 6.45) is 0. The van der Waals surface area contributed by atoms with E-state index < -0.39 is 5.97 Å². The molecule has 0 aliphatic carbocycles. The SMILES string of the molecule is COC(=O)c1nn(CN2CCN(Cc3cccs3)CC2)c(=O)c2noc(C)c12. The molecule has 10 heteroatoms. The lowest BCUT2D eigenvalue weighted by Crippen LogP contribution is -2.47. The van der Waals surface area contributed by atoms with Crippen LogP contribution in [-0.2, 0) is 18.0 Å². The second-order valence-electron chi connectivity index (χ2n) is 6.72. The van der Waals surface area contributed by atoms with Gasteiger partial charge in [0.05, 0.1) is 19.2 Å². The van der Waals surface area contributed by atoms with Gasteiger partial charge >= 0.3 is 5.97 Å². The van der Waals surface area contributed by atoms with Gasteiger partial charge in [-0.15, -0.1) is 11.3 Å². The largest absolute Gasteiger partial charge is 0.464 e. The molecule has 3 aromatic rings. The molecule has 1 aliphatic rings. The fourth-order valence-electron chi connectivity index (χ4n) is 3.37. The molecule has 1 aliphatic heterocycles. The van der Waals surface area contributed by atoms with Crippen LogP contribution in [0.25, 0.3) is 10.9 Å². The Morgan fingerprint density at radius 3 is 2.71 bits per heavy atom. The monoisotopic (exact) mass is 403 g/mol. The van der Waals surface area contributed by atoms with Crippen molar-refractivity contribution in [1.82, 2.24) is 24.7 Å². The van der Waals surface area contributed by atoms with Crippen LogP contribution in [0.4, 0.5) is 0 Å². The summed E-state index contributed by atoms with van der Waals surface area (Å²) < 4.78 is 11.2. The third kappa shape index (κ3) is 3.58. The smallest absolute Gasteiger partial charge is 0.359 e. The van der Waals surface area contributed by atoms with Gasteiger partial charge in [-0.1, -0.05) is 11.2 Å². The number of fused-ring (bicyclic) bond motifs is 1. The topological polar surface area (TPSA) is 93.7 Å². The standard InChI is InChI=1S/C18H21N5O4S/c1-12-14-15(20-27-12)17(24)23(19-16(14)18(25)26-2)11-22-7-5-21(6-8-22)10-13-4-3-9-28-13/h3-4,9H,5-8,10-11H2,1-2H3. The van der Waals surface area contributed by atoms with E-state index in [1.54, 1.807) is 18.3 Å². The van der Waals surface area contributed by atoms with Crippen molar-refractivity contribution in [3.63, 3.8) is 0 Å². The summed E-state index contributed by atoms with van der Waals surface area (Å²) in [4.78, 5) is 30.8. The molecule has 4 rings (SSSR count). The first-order valence-electron chi connectivity index (χ1n) is 8.99. The van der Waals surface area contributed by atoms with Crippen LogP contribution >= 0.6 is 11.3 Å². The number of esters is 1. The summed E-state index contributed by atoms with van der Waals surface area (Å²) in [5.41, 5.74) is -0.225. The lowest BCUT2D eigenvalue weighted by atomic mass is 10.2. The lowest BCUT2D eigenvalue weighted by Gasteiger charge is -2.34. The van der Waals surface area contributed by atoms with E-state index in [9.17, 15) is 9.59 Å². The normalized spacial score (nSPS) is 15.9. The fraction of sp³-hybridized carbons (Fsp3) is 0.444. The molecule has 0 bridgehead atoms. The second kappa shape index (κ2) is 7.82. The number of ether oxygens (including phenoxy) is 1. The summed E-state index contributed by atoms with van der Waals surface area (Å²) in [7, 11) is 1.28. The highest BCUT2D eigenvalue weighted by atomic mass is 32.1. The number of carbonyl (C=O) groups excluding carboxylic acids is 1. The summed E-state index contributed by atoms with van der Waals surface area (Å²) in [6.45, 7) is 6.30. The Balaban J connectivity index is 1.51. The number of thiophene rings is 1. The van der Waals surface area contributed by atoms with Gasteiger partial charge in [0.2, 0.25) is 0 Å². The third-order valence-corrected chi connectivity index (χ3v) is 5.76. The molecule has 0 radical (unpaired) electrons. The van der Waals surface area contributed by atoms with Crippen LogP contribution < -0.4 is 5.56 Å². The van der Waals surface area contributed by atoms with Crippen LogP contribution in [0.3, 0.4) is 0 Å². The molecule has 0 unspecified atom stereocenters. The van der Waals surface area contributed by atoms with Crippen LogP contribution in [0.2, 0.25) is 0 Å². The van der Waals surface area contributed by atoms with Crippen LogP contribution in [0.1, 0.15) is 21.1 Å². The van der Waals surface area contributed by atoms with Gasteiger partial charge in [0.25, 0.3) is 5.56 Å². The summed E-state index contributed by atoms with van der Waals surface area (Å²) >= 11 is 1.76. The number of hydrogen-bond acceptors (Lipinski definition) is 9. The zero-order valence-corrected chi connectivity index (χ0v) is 16.6. The number of rotatable bonds is 5. The predicted octanol–water partition coefficient (Wildman–Crippen LogP) is 1.32. The molecule has 1 fully saturated rings. The van der Waals surface area contributed by atoms with Crippen LogP contribution in [0.5, 0.6) is 0 Å². The van der Waals surface area contributed by atoms with Gasteiger partial charge in [0.15, 0.2) is 11.2 Å². The molecule has 0 spiro atoms. The molecule has 0 aromatic carbocycles.